The lowest BCUT2D eigenvalue weighted by atomic mass is 10.1. The first-order valence-electron chi connectivity index (χ1n) is 8.68. The molecule has 2 atom stereocenters. The van der Waals surface area contributed by atoms with Crippen LogP contribution in [-0.2, 0) is 0 Å². The normalized spacial score (nSPS) is 12.6. The van der Waals surface area contributed by atoms with Crippen LogP contribution in [0.5, 0.6) is 0 Å². The van der Waals surface area contributed by atoms with E-state index in [2.05, 4.69) is 17.5 Å². The third-order valence-corrected chi connectivity index (χ3v) is 5.02. The molecule has 0 saturated carbocycles. The van der Waals surface area contributed by atoms with Gasteiger partial charge in [-0.05, 0) is 67.9 Å². The number of nitriles is 2. The fourth-order valence-electron chi connectivity index (χ4n) is 2.91. The molecule has 0 saturated heterocycles. The van der Waals surface area contributed by atoms with Gasteiger partial charge in [0.2, 0.25) is 0 Å². The summed E-state index contributed by atoms with van der Waals surface area (Å²) in [5.74, 6) is 1.20. The number of furan rings is 1. The highest BCUT2D eigenvalue weighted by molar-refractivity contribution is 6.32. The van der Waals surface area contributed by atoms with Gasteiger partial charge in [0.05, 0.1) is 28.3 Å². The molecule has 6 heteroatoms. The zero-order chi connectivity index (χ0) is 20.3. The molecule has 0 spiro atoms. The Balaban J connectivity index is 1.90. The monoisotopic (exact) mass is 391 g/mol. The lowest BCUT2D eigenvalue weighted by molar-refractivity contribution is 0.162. The molecule has 28 heavy (non-hydrogen) atoms. The summed E-state index contributed by atoms with van der Waals surface area (Å²) in [5.41, 5.74) is 3.26. The summed E-state index contributed by atoms with van der Waals surface area (Å²) in [6, 6.07) is 17.8. The topological polar surface area (TPSA) is 93.0 Å². The average molecular weight is 392 g/mol. The number of aliphatic hydroxyl groups excluding tert-OH is 1. The minimum atomic E-state index is -0.742. The molecular formula is C22H18ClN3O2. The van der Waals surface area contributed by atoms with Crippen molar-refractivity contribution in [1.82, 2.24) is 0 Å². The summed E-state index contributed by atoms with van der Waals surface area (Å²) in [6.45, 7) is 3.48. The molecule has 0 aliphatic rings. The van der Waals surface area contributed by atoms with E-state index >= 15 is 0 Å². The number of rotatable bonds is 5. The van der Waals surface area contributed by atoms with E-state index in [0.717, 1.165) is 11.1 Å². The predicted molar refractivity (Wildman–Crippen MR) is 108 cm³/mol. The highest BCUT2D eigenvalue weighted by atomic mass is 35.5. The van der Waals surface area contributed by atoms with Crippen molar-refractivity contribution in [3.8, 4) is 23.5 Å². The Labute approximate surface area is 168 Å². The summed E-state index contributed by atoms with van der Waals surface area (Å²) in [5, 5.41) is 31.9. The SMILES string of the molecule is Cc1c(N[C@@H](c2ccc(-c3ccc(C#N)cc3)o2)[C@H](C)O)ccc(C#N)c1Cl. The number of benzene rings is 2. The molecule has 5 nitrogen and oxygen atoms in total. The molecule has 2 aromatic carbocycles. The Bertz CT molecular complexity index is 1070. The van der Waals surface area contributed by atoms with Gasteiger partial charge in [0.1, 0.15) is 23.6 Å². The number of hydrogen-bond donors (Lipinski definition) is 2. The van der Waals surface area contributed by atoms with Crippen molar-refractivity contribution in [3.63, 3.8) is 0 Å². The molecule has 0 radical (unpaired) electrons. The number of nitrogens with one attached hydrogen (secondary N) is 1. The lowest BCUT2D eigenvalue weighted by Crippen LogP contribution is -2.22. The number of anilines is 1. The Morgan fingerprint density at radius 1 is 1.04 bits per heavy atom. The van der Waals surface area contributed by atoms with Gasteiger partial charge in [-0.25, -0.2) is 0 Å². The van der Waals surface area contributed by atoms with Crippen molar-refractivity contribution in [2.75, 3.05) is 5.32 Å². The third kappa shape index (κ3) is 3.87. The molecule has 0 fully saturated rings. The molecule has 3 rings (SSSR count). The van der Waals surface area contributed by atoms with Crippen LogP contribution in [0.1, 0.15) is 35.4 Å². The summed E-state index contributed by atoms with van der Waals surface area (Å²) in [7, 11) is 0. The largest absolute Gasteiger partial charge is 0.459 e. The maximum atomic E-state index is 10.3. The van der Waals surface area contributed by atoms with E-state index in [0.29, 0.717) is 33.4 Å². The summed E-state index contributed by atoms with van der Waals surface area (Å²) in [6.07, 6.45) is -0.742. The van der Waals surface area contributed by atoms with Crippen LogP contribution in [0.15, 0.2) is 52.9 Å². The first-order valence-corrected chi connectivity index (χ1v) is 9.06. The van der Waals surface area contributed by atoms with Crippen LogP contribution in [0, 0.1) is 29.6 Å². The third-order valence-electron chi connectivity index (χ3n) is 4.53. The van der Waals surface area contributed by atoms with Crippen molar-refractivity contribution in [1.29, 1.82) is 10.5 Å². The van der Waals surface area contributed by atoms with Crippen LogP contribution >= 0.6 is 11.6 Å². The summed E-state index contributed by atoms with van der Waals surface area (Å²) in [4.78, 5) is 0. The molecule has 0 amide bonds. The van der Waals surface area contributed by atoms with E-state index in [1.165, 1.54) is 0 Å². The van der Waals surface area contributed by atoms with Gasteiger partial charge in [-0.3, -0.25) is 0 Å². The van der Waals surface area contributed by atoms with Gasteiger partial charge in [-0.15, -0.1) is 0 Å². The van der Waals surface area contributed by atoms with Gasteiger partial charge in [0.15, 0.2) is 0 Å². The number of halogens is 1. The number of aliphatic hydroxyl groups is 1. The van der Waals surface area contributed by atoms with Gasteiger partial charge in [0, 0.05) is 11.3 Å². The Morgan fingerprint density at radius 2 is 1.75 bits per heavy atom. The fourth-order valence-corrected chi connectivity index (χ4v) is 3.12. The maximum Gasteiger partial charge on any atom is 0.134 e. The van der Waals surface area contributed by atoms with Crippen LogP contribution < -0.4 is 5.32 Å². The quantitative estimate of drug-likeness (QED) is 0.624. The van der Waals surface area contributed by atoms with Crippen LogP contribution in [0.4, 0.5) is 5.69 Å². The highest BCUT2D eigenvalue weighted by Crippen LogP contribution is 2.33. The average Bonchev–Trinajstić information content (AvgIpc) is 3.18. The molecule has 1 aromatic heterocycles. The van der Waals surface area contributed by atoms with E-state index in [-0.39, 0.29) is 0 Å². The molecule has 0 aliphatic heterocycles. The minimum absolute atomic E-state index is 0.384. The van der Waals surface area contributed by atoms with E-state index < -0.39 is 12.1 Å². The van der Waals surface area contributed by atoms with E-state index in [4.69, 9.17) is 26.5 Å². The first kappa shape index (κ1) is 19.5. The van der Waals surface area contributed by atoms with E-state index in [1.54, 1.807) is 37.3 Å². The summed E-state index contributed by atoms with van der Waals surface area (Å²) >= 11 is 6.25. The maximum absolute atomic E-state index is 10.3. The zero-order valence-electron chi connectivity index (χ0n) is 15.4. The van der Waals surface area contributed by atoms with Crippen LogP contribution in [0.2, 0.25) is 5.02 Å². The van der Waals surface area contributed by atoms with Gasteiger partial charge < -0.3 is 14.8 Å². The zero-order valence-corrected chi connectivity index (χ0v) is 16.2. The van der Waals surface area contributed by atoms with E-state index in [1.807, 2.05) is 25.1 Å². The second-order valence-electron chi connectivity index (χ2n) is 6.47. The molecule has 0 unspecified atom stereocenters. The highest BCUT2D eigenvalue weighted by Gasteiger charge is 2.23. The molecule has 0 aliphatic carbocycles. The van der Waals surface area contributed by atoms with Crippen molar-refractivity contribution in [3.05, 3.63) is 76.0 Å². The van der Waals surface area contributed by atoms with E-state index in [9.17, 15) is 5.11 Å². The van der Waals surface area contributed by atoms with Crippen molar-refractivity contribution < 1.29 is 9.52 Å². The van der Waals surface area contributed by atoms with Gasteiger partial charge >= 0.3 is 0 Å². The minimum Gasteiger partial charge on any atom is -0.459 e. The Hall–Kier alpha value is -3.25. The van der Waals surface area contributed by atoms with Crippen LogP contribution in [-0.4, -0.2) is 11.2 Å². The van der Waals surface area contributed by atoms with Crippen molar-refractivity contribution in [2.45, 2.75) is 26.0 Å². The standard InChI is InChI=1S/C22H18ClN3O2/c1-13-18(8-7-17(12-25)21(13)23)26-22(14(2)27)20-10-9-19(28-20)16-5-3-15(11-24)4-6-16/h3-10,14,22,26-27H,1-2H3/t14-,22+/m0/s1. The molecule has 1 heterocycles. The van der Waals surface area contributed by atoms with Gasteiger partial charge in [-0.2, -0.15) is 10.5 Å². The molecule has 2 N–H and O–H groups in total. The van der Waals surface area contributed by atoms with Crippen LogP contribution in [0.3, 0.4) is 0 Å². The Kier molecular flexibility index (Phi) is 5.70. The summed E-state index contributed by atoms with van der Waals surface area (Å²) < 4.78 is 5.96. The van der Waals surface area contributed by atoms with Crippen LogP contribution in [0.25, 0.3) is 11.3 Å². The Morgan fingerprint density at radius 3 is 2.36 bits per heavy atom. The second-order valence-corrected chi connectivity index (χ2v) is 6.84. The fraction of sp³-hybridized carbons (Fsp3) is 0.182. The second kappa shape index (κ2) is 8.19. The molecule has 0 bridgehead atoms. The van der Waals surface area contributed by atoms with Crippen molar-refractivity contribution in [2.24, 2.45) is 0 Å². The molecule has 140 valence electrons. The molecule has 3 aromatic rings. The molecular weight excluding hydrogens is 374 g/mol. The first-order chi connectivity index (χ1) is 13.4. The predicted octanol–water partition coefficient (Wildman–Crippen LogP) is 5.19. The lowest BCUT2D eigenvalue weighted by Gasteiger charge is -2.22. The number of hydrogen-bond acceptors (Lipinski definition) is 5. The van der Waals surface area contributed by atoms with Gasteiger partial charge in [-0.1, -0.05) is 11.6 Å². The van der Waals surface area contributed by atoms with Crippen molar-refractivity contribution >= 4 is 17.3 Å². The smallest absolute Gasteiger partial charge is 0.134 e. The number of nitrogens with zero attached hydrogens (tertiary/aromatic N) is 2. The van der Waals surface area contributed by atoms with Gasteiger partial charge in [0.25, 0.3) is 0 Å².